The maximum Gasteiger partial charge on any atom is 0.254 e. The zero-order chi connectivity index (χ0) is 20.9. The minimum absolute atomic E-state index is 0.00269. The number of amides is 2. The Morgan fingerprint density at radius 2 is 1.87 bits per heavy atom. The van der Waals surface area contributed by atoms with E-state index in [0.717, 1.165) is 34.9 Å². The van der Waals surface area contributed by atoms with Gasteiger partial charge in [0, 0.05) is 25.2 Å². The lowest BCUT2D eigenvalue weighted by molar-refractivity contribution is -0.126. The Bertz CT molecular complexity index is 1060. The van der Waals surface area contributed by atoms with Crippen molar-refractivity contribution in [1.82, 2.24) is 10.2 Å². The number of methoxy groups -OCH3 is 1. The number of likely N-dealkylation sites (tertiary alicyclic amines) is 1. The number of nitrogens with one attached hydrogen (secondary N) is 1. The van der Waals surface area contributed by atoms with Gasteiger partial charge in [0.05, 0.1) is 13.0 Å². The summed E-state index contributed by atoms with van der Waals surface area (Å²) in [5.41, 5.74) is 1.69. The second-order valence-electron chi connectivity index (χ2n) is 7.69. The lowest BCUT2D eigenvalue weighted by Gasteiger charge is -2.32. The van der Waals surface area contributed by atoms with Gasteiger partial charge in [-0.1, -0.05) is 48.5 Å². The molecule has 1 N–H and O–H groups in total. The van der Waals surface area contributed by atoms with Gasteiger partial charge in [-0.15, -0.1) is 0 Å². The summed E-state index contributed by atoms with van der Waals surface area (Å²) in [6.45, 7) is 1.58. The highest BCUT2D eigenvalue weighted by atomic mass is 16.5. The van der Waals surface area contributed by atoms with Gasteiger partial charge < -0.3 is 15.0 Å². The Kier molecular flexibility index (Phi) is 5.98. The molecule has 1 saturated heterocycles. The Labute approximate surface area is 176 Å². The number of carbonyl (C=O) groups excluding carboxylic acids is 2. The van der Waals surface area contributed by atoms with E-state index in [2.05, 4.69) is 5.32 Å². The van der Waals surface area contributed by atoms with Crippen LogP contribution in [-0.2, 0) is 11.3 Å². The summed E-state index contributed by atoms with van der Waals surface area (Å²) >= 11 is 0. The first kappa shape index (κ1) is 20.0. The van der Waals surface area contributed by atoms with Crippen molar-refractivity contribution in [3.05, 3.63) is 77.9 Å². The highest BCUT2D eigenvalue weighted by molar-refractivity contribution is 6.07. The molecule has 1 fully saturated rings. The molecule has 4 rings (SSSR count). The highest BCUT2D eigenvalue weighted by Crippen LogP contribution is 2.24. The first-order valence-electron chi connectivity index (χ1n) is 10.3. The topological polar surface area (TPSA) is 58.6 Å². The highest BCUT2D eigenvalue weighted by Gasteiger charge is 2.29. The molecule has 0 aliphatic carbocycles. The lowest BCUT2D eigenvalue weighted by atomic mass is 9.95. The number of hydrogen-bond donors (Lipinski definition) is 1. The largest absolute Gasteiger partial charge is 0.497 e. The minimum atomic E-state index is -0.191. The van der Waals surface area contributed by atoms with Crippen molar-refractivity contribution in [2.75, 3.05) is 20.2 Å². The molecule has 5 nitrogen and oxygen atoms in total. The fraction of sp³-hybridized carbons (Fsp3) is 0.280. The lowest BCUT2D eigenvalue weighted by Crippen LogP contribution is -2.45. The van der Waals surface area contributed by atoms with E-state index in [1.165, 1.54) is 0 Å². The first-order chi connectivity index (χ1) is 14.7. The number of rotatable bonds is 5. The van der Waals surface area contributed by atoms with Crippen LogP contribution in [0.1, 0.15) is 28.8 Å². The van der Waals surface area contributed by atoms with Crippen molar-refractivity contribution in [2.45, 2.75) is 19.4 Å². The summed E-state index contributed by atoms with van der Waals surface area (Å²) in [4.78, 5) is 27.8. The van der Waals surface area contributed by atoms with Gasteiger partial charge >= 0.3 is 0 Å². The predicted octanol–water partition coefficient (Wildman–Crippen LogP) is 4.02. The third-order valence-corrected chi connectivity index (χ3v) is 5.70. The molecule has 30 heavy (non-hydrogen) atoms. The molecule has 3 aromatic carbocycles. The quantitative estimate of drug-likeness (QED) is 0.701. The summed E-state index contributed by atoms with van der Waals surface area (Å²) in [7, 11) is 1.63. The van der Waals surface area contributed by atoms with Gasteiger partial charge in [0.1, 0.15) is 5.75 Å². The van der Waals surface area contributed by atoms with Crippen molar-refractivity contribution >= 4 is 22.6 Å². The molecule has 3 aromatic rings. The van der Waals surface area contributed by atoms with Crippen LogP contribution < -0.4 is 10.1 Å². The molecular weight excluding hydrogens is 376 g/mol. The summed E-state index contributed by atoms with van der Waals surface area (Å²) in [6, 6.07) is 21.4. The van der Waals surface area contributed by atoms with E-state index >= 15 is 0 Å². The molecule has 1 unspecified atom stereocenters. The molecule has 0 bridgehead atoms. The number of benzene rings is 3. The smallest absolute Gasteiger partial charge is 0.254 e. The molecular formula is C25H26N2O3. The number of ether oxygens (including phenoxy) is 1. The molecule has 1 heterocycles. The summed E-state index contributed by atoms with van der Waals surface area (Å²) in [5.74, 6) is 0.569. The second-order valence-corrected chi connectivity index (χ2v) is 7.69. The fourth-order valence-electron chi connectivity index (χ4n) is 4.07. The zero-order valence-corrected chi connectivity index (χ0v) is 17.1. The molecule has 0 radical (unpaired) electrons. The number of piperidine rings is 1. The van der Waals surface area contributed by atoms with Crippen LogP contribution in [0.15, 0.2) is 66.7 Å². The van der Waals surface area contributed by atoms with Crippen molar-refractivity contribution in [2.24, 2.45) is 5.92 Å². The van der Waals surface area contributed by atoms with Gasteiger partial charge in [-0.05, 0) is 47.4 Å². The summed E-state index contributed by atoms with van der Waals surface area (Å²) in [6.07, 6.45) is 1.62. The van der Waals surface area contributed by atoms with Crippen LogP contribution in [-0.4, -0.2) is 36.9 Å². The maximum atomic E-state index is 13.2. The summed E-state index contributed by atoms with van der Waals surface area (Å²) in [5, 5.41) is 5.02. The van der Waals surface area contributed by atoms with Gasteiger partial charge in [0.25, 0.3) is 5.91 Å². The summed E-state index contributed by atoms with van der Waals surface area (Å²) < 4.78 is 5.23. The van der Waals surface area contributed by atoms with Crippen molar-refractivity contribution < 1.29 is 14.3 Å². The molecule has 154 valence electrons. The molecule has 0 saturated carbocycles. The molecule has 1 atom stereocenters. The molecule has 0 spiro atoms. The van der Waals surface area contributed by atoms with Crippen molar-refractivity contribution in [3.8, 4) is 5.75 Å². The third kappa shape index (κ3) is 4.30. The van der Waals surface area contributed by atoms with Crippen LogP contribution in [0.25, 0.3) is 10.8 Å². The monoisotopic (exact) mass is 402 g/mol. The Hall–Kier alpha value is -3.34. The first-order valence-corrected chi connectivity index (χ1v) is 10.3. The standard InChI is InChI=1S/C25H26N2O3/c1-30-21-11-4-7-18(15-21)16-26-24(28)20-10-6-14-27(17-20)25(29)23-13-5-9-19-8-2-3-12-22(19)23/h2-5,7-9,11-13,15,20H,6,10,14,16-17H2,1H3,(H,26,28). The third-order valence-electron chi connectivity index (χ3n) is 5.70. The molecule has 1 aliphatic rings. The van der Waals surface area contributed by atoms with E-state index in [9.17, 15) is 9.59 Å². The van der Waals surface area contributed by atoms with E-state index in [1.54, 1.807) is 7.11 Å². The Balaban J connectivity index is 1.42. The fourth-order valence-corrected chi connectivity index (χ4v) is 4.07. The van der Waals surface area contributed by atoms with E-state index < -0.39 is 0 Å². The van der Waals surface area contributed by atoms with Crippen LogP contribution in [0.3, 0.4) is 0 Å². The molecule has 2 amide bonds. The van der Waals surface area contributed by atoms with Crippen LogP contribution in [0.2, 0.25) is 0 Å². The zero-order valence-electron chi connectivity index (χ0n) is 17.1. The molecule has 5 heteroatoms. The van der Waals surface area contributed by atoms with Gasteiger partial charge in [0.15, 0.2) is 0 Å². The van der Waals surface area contributed by atoms with Gasteiger partial charge in [-0.25, -0.2) is 0 Å². The van der Waals surface area contributed by atoms with E-state index in [-0.39, 0.29) is 17.7 Å². The normalized spacial score (nSPS) is 16.3. The van der Waals surface area contributed by atoms with Gasteiger partial charge in [-0.3, -0.25) is 9.59 Å². The number of carbonyl (C=O) groups is 2. The Morgan fingerprint density at radius 3 is 2.73 bits per heavy atom. The van der Waals surface area contributed by atoms with Crippen molar-refractivity contribution in [1.29, 1.82) is 0 Å². The van der Waals surface area contributed by atoms with E-state index in [4.69, 9.17) is 4.74 Å². The van der Waals surface area contributed by atoms with Crippen LogP contribution in [0.4, 0.5) is 0 Å². The second kappa shape index (κ2) is 8.99. The van der Waals surface area contributed by atoms with Gasteiger partial charge in [-0.2, -0.15) is 0 Å². The van der Waals surface area contributed by atoms with Crippen LogP contribution in [0.5, 0.6) is 5.75 Å². The average Bonchev–Trinajstić information content (AvgIpc) is 2.82. The van der Waals surface area contributed by atoms with Crippen LogP contribution >= 0.6 is 0 Å². The molecule has 0 aromatic heterocycles. The SMILES string of the molecule is COc1cccc(CNC(=O)C2CCCN(C(=O)c3cccc4ccccc34)C2)c1. The van der Waals surface area contributed by atoms with Crippen molar-refractivity contribution in [3.63, 3.8) is 0 Å². The number of nitrogens with zero attached hydrogens (tertiary/aromatic N) is 1. The van der Waals surface area contributed by atoms with Crippen LogP contribution in [0, 0.1) is 5.92 Å². The predicted molar refractivity (Wildman–Crippen MR) is 117 cm³/mol. The Morgan fingerprint density at radius 1 is 1.07 bits per heavy atom. The van der Waals surface area contributed by atoms with Gasteiger partial charge in [0.2, 0.25) is 5.91 Å². The molecule has 1 aliphatic heterocycles. The van der Waals surface area contributed by atoms with E-state index in [1.807, 2.05) is 71.6 Å². The maximum absolute atomic E-state index is 13.2. The average molecular weight is 402 g/mol. The number of hydrogen-bond acceptors (Lipinski definition) is 3. The van der Waals surface area contributed by atoms with E-state index in [0.29, 0.717) is 25.2 Å². The number of fused-ring (bicyclic) bond motifs is 1. The minimum Gasteiger partial charge on any atom is -0.497 e.